The lowest BCUT2D eigenvalue weighted by Gasteiger charge is -2.24. The van der Waals surface area contributed by atoms with Gasteiger partial charge in [0.05, 0.1) is 22.1 Å². The molecule has 1 rings (SSSR count). The standard InChI is InChI=1S/C14H22ClN3O/c1-5-18(6-2)13-8-12(10(15)7-11(13)16)17-14(19)9(3)4/h7-9H,5-6,16H2,1-4H3,(H,17,19). The highest BCUT2D eigenvalue weighted by Crippen LogP contribution is 2.33. The van der Waals surface area contributed by atoms with E-state index in [1.807, 2.05) is 19.9 Å². The Kier molecular flexibility index (Phi) is 5.48. The highest BCUT2D eigenvalue weighted by molar-refractivity contribution is 6.34. The van der Waals surface area contributed by atoms with Crippen molar-refractivity contribution in [1.82, 2.24) is 0 Å². The van der Waals surface area contributed by atoms with Gasteiger partial charge in [0.1, 0.15) is 0 Å². The number of carbonyl (C=O) groups excluding carboxylic acids is 1. The molecule has 0 aliphatic rings. The number of amides is 1. The van der Waals surface area contributed by atoms with Crippen molar-refractivity contribution in [2.45, 2.75) is 27.7 Å². The fourth-order valence-corrected chi connectivity index (χ4v) is 2.01. The van der Waals surface area contributed by atoms with Crippen molar-refractivity contribution in [3.05, 3.63) is 17.2 Å². The van der Waals surface area contributed by atoms with Gasteiger partial charge in [0, 0.05) is 19.0 Å². The SMILES string of the molecule is CCN(CC)c1cc(NC(=O)C(C)C)c(Cl)cc1N. The van der Waals surface area contributed by atoms with Gasteiger partial charge in [0.15, 0.2) is 0 Å². The van der Waals surface area contributed by atoms with Crippen LogP contribution in [-0.4, -0.2) is 19.0 Å². The van der Waals surface area contributed by atoms with Crippen molar-refractivity contribution in [2.24, 2.45) is 5.92 Å². The zero-order valence-electron chi connectivity index (χ0n) is 12.0. The molecule has 0 bridgehead atoms. The summed E-state index contributed by atoms with van der Waals surface area (Å²) in [6.07, 6.45) is 0. The number of nitrogens with one attached hydrogen (secondary N) is 1. The van der Waals surface area contributed by atoms with Gasteiger partial charge in [-0.1, -0.05) is 25.4 Å². The summed E-state index contributed by atoms with van der Waals surface area (Å²) < 4.78 is 0. The molecule has 19 heavy (non-hydrogen) atoms. The van der Waals surface area contributed by atoms with E-state index < -0.39 is 0 Å². The van der Waals surface area contributed by atoms with Crippen LogP contribution in [0.2, 0.25) is 5.02 Å². The summed E-state index contributed by atoms with van der Waals surface area (Å²) in [5, 5.41) is 3.29. The van der Waals surface area contributed by atoms with Crippen molar-refractivity contribution < 1.29 is 4.79 Å². The number of halogens is 1. The lowest BCUT2D eigenvalue weighted by atomic mass is 10.1. The minimum Gasteiger partial charge on any atom is -0.397 e. The molecule has 0 fully saturated rings. The number of anilines is 3. The van der Waals surface area contributed by atoms with Crippen LogP contribution in [0.15, 0.2) is 12.1 Å². The quantitative estimate of drug-likeness (QED) is 0.815. The molecule has 0 saturated heterocycles. The predicted octanol–water partition coefficient (Wildman–Crippen LogP) is 3.36. The first kappa shape index (κ1) is 15.6. The molecule has 0 heterocycles. The van der Waals surface area contributed by atoms with Gasteiger partial charge >= 0.3 is 0 Å². The summed E-state index contributed by atoms with van der Waals surface area (Å²) in [7, 11) is 0. The van der Waals surface area contributed by atoms with Crippen molar-refractivity contribution in [3.63, 3.8) is 0 Å². The first-order chi connectivity index (χ1) is 8.90. The average Bonchev–Trinajstić information content (AvgIpc) is 2.35. The molecule has 0 spiro atoms. The molecule has 0 atom stereocenters. The van der Waals surface area contributed by atoms with Crippen LogP contribution >= 0.6 is 11.6 Å². The number of benzene rings is 1. The van der Waals surface area contributed by atoms with Crippen LogP contribution in [0.4, 0.5) is 17.1 Å². The topological polar surface area (TPSA) is 58.4 Å². The largest absolute Gasteiger partial charge is 0.397 e. The molecule has 0 saturated carbocycles. The monoisotopic (exact) mass is 283 g/mol. The highest BCUT2D eigenvalue weighted by Gasteiger charge is 2.14. The maximum absolute atomic E-state index is 11.8. The lowest BCUT2D eigenvalue weighted by molar-refractivity contribution is -0.118. The van der Waals surface area contributed by atoms with E-state index in [0.29, 0.717) is 16.4 Å². The van der Waals surface area contributed by atoms with E-state index in [9.17, 15) is 4.79 Å². The van der Waals surface area contributed by atoms with Crippen LogP contribution in [0.5, 0.6) is 0 Å². The van der Waals surface area contributed by atoms with E-state index in [1.54, 1.807) is 6.07 Å². The Bertz CT molecular complexity index is 456. The third kappa shape index (κ3) is 3.77. The van der Waals surface area contributed by atoms with Gasteiger partial charge in [-0.25, -0.2) is 0 Å². The van der Waals surface area contributed by atoms with Crippen LogP contribution in [0, 0.1) is 5.92 Å². The van der Waals surface area contributed by atoms with E-state index in [4.69, 9.17) is 17.3 Å². The van der Waals surface area contributed by atoms with Gasteiger partial charge < -0.3 is 16.0 Å². The van der Waals surface area contributed by atoms with Crippen molar-refractivity contribution >= 4 is 34.6 Å². The van der Waals surface area contributed by atoms with E-state index >= 15 is 0 Å². The summed E-state index contributed by atoms with van der Waals surface area (Å²) in [5.41, 5.74) is 8.12. The lowest BCUT2D eigenvalue weighted by Crippen LogP contribution is -2.24. The third-order valence-electron chi connectivity index (χ3n) is 3.00. The number of nitrogens with zero attached hydrogens (tertiary/aromatic N) is 1. The summed E-state index contributed by atoms with van der Waals surface area (Å²) in [4.78, 5) is 13.9. The Hall–Kier alpha value is -1.42. The van der Waals surface area contributed by atoms with E-state index in [1.165, 1.54) is 0 Å². The maximum Gasteiger partial charge on any atom is 0.226 e. The molecular formula is C14H22ClN3O. The minimum absolute atomic E-state index is 0.0582. The Morgan fingerprint density at radius 1 is 1.37 bits per heavy atom. The molecule has 0 unspecified atom stereocenters. The number of nitrogen functional groups attached to an aromatic ring is 1. The molecule has 1 amide bonds. The van der Waals surface area contributed by atoms with Crippen molar-refractivity contribution in [3.8, 4) is 0 Å². The number of rotatable bonds is 5. The fourth-order valence-electron chi connectivity index (χ4n) is 1.79. The molecule has 0 aromatic heterocycles. The average molecular weight is 284 g/mol. The Balaban J connectivity index is 3.12. The number of carbonyl (C=O) groups is 1. The molecule has 1 aromatic rings. The maximum atomic E-state index is 11.8. The molecule has 106 valence electrons. The van der Waals surface area contributed by atoms with Gasteiger partial charge in [-0.15, -0.1) is 0 Å². The second-order valence-corrected chi connectivity index (χ2v) is 5.11. The van der Waals surface area contributed by atoms with Crippen LogP contribution in [0.1, 0.15) is 27.7 Å². The molecule has 0 radical (unpaired) electrons. The molecule has 4 nitrogen and oxygen atoms in total. The van der Waals surface area contributed by atoms with Crippen molar-refractivity contribution in [2.75, 3.05) is 29.0 Å². The van der Waals surface area contributed by atoms with Gasteiger partial charge in [-0.2, -0.15) is 0 Å². The van der Waals surface area contributed by atoms with Crippen LogP contribution < -0.4 is 16.0 Å². The van der Waals surface area contributed by atoms with Gasteiger partial charge in [0.2, 0.25) is 5.91 Å². The summed E-state index contributed by atoms with van der Waals surface area (Å²) in [5.74, 6) is -0.150. The second kappa shape index (κ2) is 6.66. The number of nitrogens with two attached hydrogens (primary N) is 1. The van der Waals surface area contributed by atoms with Crippen molar-refractivity contribution in [1.29, 1.82) is 0 Å². The van der Waals surface area contributed by atoms with E-state index in [0.717, 1.165) is 18.8 Å². The Morgan fingerprint density at radius 2 is 1.95 bits per heavy atom. The van der Waals surface area contributed by atoms with Gasteiger partial charge in [0.25, 0.3) is 0 Å². The van der Waals surface area contributed by atoms with Crippen LogP contribution in [0.3, 0.4) is 0 Å². The minimum atomic E-state index is -0.0921. The summed E-state index contributed by atoms with van der Waals surface area (Å²) in [6.45, 7) is 9.49. The van der Waals surface area contributed by atoms with Crippen LogP contribution in [0.25, 0.3) is 0 Å². The molecule has 0 aliphatic carbocycles. The first-order valence-electron chi connectivity index (χ1n) is 6.55. The molecular weight excluding hydrogens is 262 g/mol. The fraction of sp³-hybridized carbons (Fsp3) is 0.500. The van der Waals surface area contributed by atoms with E-state index in [-0.39, 0.29) is 11.8 Å². The molecule has 1 aromatic carbocycles. The Labute approximate surface area is 119 Å². The molecule has 5 heteroatoms. The summed E-state index contributed by atoms with van der Waals surface area (Å²) >= 11 is 6.13. The van der Waals surface area contributed by atoms with E-state index in [2.05, 4.69) is 24.1 Å². The molecule has 0 aliphatic heterocycles. The van der Waals surface area contributed by atoms with Gasteiger partial charge in [-0.3, -0.25) is 4.79 Å². The normalized spacial score (nSPS) is 10.6. The number of hydrogen-bond donors (Lipinski definition) is 2. The summed E-state index contributed by atoms with van der Waals surface area (Å²) in [6, 6.07) is 3.52. The Morgan fingerprint density at radius 3 is 2.42 bits per heavy atom. The second-order valence-electron chi connectivity index (χ2n) is 4.71. The zero-order valence-corrected chi connectivity index (χ0v) is 12.7. The predicted molar refractivity (Wildman–Crippen MR) is 82.9 cm³/mol. The number of hydrogen-bond acceptors (Lipinski definition) is 3. The smallest absolute Gasteiger partial charge is 0.226 e. The van der Waals surface area contributed by atoms with Crippen LogP contribution in [-0.2, 0) is 4.79 Å². The molecule has 3 N–H and O–H groups in total. The van der Waals surface area contributed by atoms with Gasteiger partial charge in [-0.05, 0) is 26.0 Å². The highest BCUT2D eigenvalue weighted by atomic mass is 35.5. The third-order valence-corrected chi connectivity index (χ3v) is 3.32. The first-order valence-corrected chi connectivity index (χ1v) is 6.93. The zero-order chi connectivity index (χ0) is 14.6.